The van der Waals surface area contributed by atoms with Gasteiger partial charge in [-0.25, -0.2) is 8.78 Å². The highest BCUT2D eigenvalue weighted by Gasteiger charge is 2.08. The third-order valence-electron chi connectivity index (χ3n) is 1.61. The Labute approximate surface area is 93.2 Å². The maximum Gasteiger partial charge on any atom is 0.147 e. The molecule has 15 heavy (non-hydrogen) atoms. The van der Waals surface area contributed by atoms with Crippen LogP contribution in [0.1, 0.15) is 5.56 Å². The normalized spacial score (nSPS) is 10.3. The van der Waals surface area contributed by atoms with E-state index >= 15 is 0 Å². The van der Waals surface area contributed by atoms with E-state index in [1.165, 1.54) is 18.2 Å². The van der Waals surface area contributed by atoms with E-state index in [4.69, 9.17) is 5.53 Å². The van der Waals surface area contributed by atoms with Crippen molar-refractivity contribution in [2.45, 2.75) is 0 Å². The molecule has 0 fully saturated rings. The average Bonchev–Trinajstić information content (AvgIpc) is 2.23. The standard InChI is InChI=1S/C9H6BrF2N3/c10-7-3-4-8(11)6(9(7)12)2-1-5-14-15-13/h1-4H,5H2. The predicted octanol–water partition coefficient (Wildman–Crippen LogP) is 4.05. The molecule has 3 nitrogen and oxygen atoms in total. The zero-order chi connectivity index (χ0) is 11.3. The van der Waals surface area contributed by atoms with E-state index in [0.29, 0.717) is 0 Å². The lowest BCUT2D eigenvalue weighted by Gasteiger charge is -2.00. The van der Waals surface area contributed by atoms with E-state index in [-0.39, 0.29) is 16.6 Å². The molecule has 1 rings (SSSR count). The summed E-state index contributed by atoms with van der Waals surface area (Å²) in [4.78, 5) is 2.51. The van der Waals surface area contributed by atoms with E-state index in [0.717, 1.165) is 6.07 Å². The number of hydrogen-bond donors (Lipinski definition) is 0. The van der Waals surface area contributed by atoms with Gasteiger partial charge >= 0.3 is 0 Å². The predicted molar refractivity (Wildman–Crippen MR) is 57.1 cm³/mol. The van der Waals surface area contributed by atoms with Crippen molar-refractivity contribution in [3.8, 4) is 0 Å². The van der Waals surface area contributed by atoms with Crippen molar-refractivity contribution >= 4 is 22.0 Å². The number of halogens is 3. The molecule has 0 saturated heterocycles. The SMILES string of the molecule is [N-]=[N+]=NCC=Cc1c(F)ccc(Br)c1F. The molecule has 0 radical (unpaired) electrons. The van der Waals surface area contributed by atoms with Crippen LogP contribution < -0.4 is 0 Å². The first kappa shape index (κ1) is 11.7. The number of benzene rings is 1. The molecule has 6 heteroatoms. The van der Waals surface area contributed by atoms with Gasteiger partial charge in [-0.05, 0) is 33.6 Å². The molecule has 0 amide bonds. The maximum absolute atomic E-state index is 13.3. The minimum atomic E-state index is -0.674. The van der Waals surface area contributed by atoms with Gasteiger partial charge in [0, 0.05) is 17.0 Å². The fraction of sp³-hybridized carbons (Fsp3) is 0.111. The molecule has 78 valence electrons. The molecule has 0 spiro atoms. The summed E-state index contributed by atoms with van der Waals surface area (Å²) in [7, 11) is 0. The van der Waals surface area contributed by atoms with Crippen LogP contribution in [0, 0.1) is 11.6 Å². The van der Waals surface area contributed by atoms with Gasteiger partial charge in [0.15, 0.2) is 0 Å². The van der Waals surface area contributed by atoms with Crippen LogP contribution >= 0.6 is 15.9 Å². The van der Waals surface area contributed by atoms with E-state index < -0.39 is 11.6 Å². The van der Waals surface area contributed by atoms with Gasteiger partial charge < -0.3 is 0 Å². The zero-order valence-electron chi connectivity index (χ0n) is 7.49. The molecule has 0 aliphatic rings. The van der Waals surface area contributed by atoms with Crippen LogP contribution in [0.2, 0.25) is 0 Å². The monoisotopic (exact) mass is 273 g/mol. The van der Waals surface area contributed by atoms with Crippen molar-refractivity contribution < 1.29 is 8.78 Å². The molecular formula is C9H6BrF2N3. The van der Waals surface area contributed by atoms with Crippen molar-refractivity contribution in [2.75, 3.05) is 6.54 Å². The van der Waals surface area contributed by atoms with Crippen LogP contribution in [-0.2, 0) is 0 Å². The summed E-state index contributed by atoms with van der Waals surface area (Å²) in [5.41, 5.74) is 7.83. The number of azide groups is 1. The number of rotatable bonds is 3. The highest BCUT2D eigenvalue weighted by Crippen LogP contribution is 2.22. The molecular weight excluding hydrogens is 268 g/mol. The molecule has 0 saturated carbocycles. The van der Waals surface area contributed by atoms with Crippen molar-refractivity contribution in [2.24, 2.45) is 5.11 Å². The summed E-state index contributed by atoms with van der Waals surface area (Å²) in [6, 6.07) is 2.44. The number of hydrogen-bond acceptors (Lipinski definition) is 1. The Morgan fingerprint density at radius 3 is 2.87 bits per heavy atom. The molecule has 0 N–H and O–H groups in total. The van der Waals surface area contributed by atoms with Crippen LogP contribution in [0.3, 0.4) is 0 Å². The topological polar surface area (TPSA) is 48.8 Å². The Hall–Kier alpha value is -1.39. The van der Waals surface area contributed by atoms with Gasteiger partial charge in [0.05, 0.1) is 4.47 Å². The molecule has 0 atom stereocenters. The van der Waals surface area contributed by atoms with E-state index in [1.807, 2.05) is 0 Å². The molecule has 0 aliphatic heterocycles. The second-order valence-corrected chi connectivity index (χ2v) is 3.43. The Bertz CT molecular complexity index is 439. The second kappa shape index (κ2) is 5.48. The summed E-state index contributed by atoms with van der Waals surface area (Å²) >= 11 is 2.95. The molecule has 0 unspecified atom stereocenters. The van der Waals surface area contributed by atoms with Crippen molar-refractivity contribution in [3.63, 3.8) is 0 Å². The largest absolute Gasteiger partial charge is 0.206 e. The third-order valence-corrected chi connectivity index (χ3v) is 2.23. The first-order chi connectivity index (χ1) is 7.16. The minimum absolute atomic E-state index is 0.0574. The molecule has 0 aromatic heterocycles. The lowest BCUT2D eigenvalue weighted by molar-refractivity contribution is 0.574. The molecule has 1 aromatic rings. The van der Waals surface area contributed by atoms with Crippen molar-refractivity contribution in [1.82, 2.24) is 0 Å². The summed E-state index contributed by atoms with van der Waals surface area (Å²) in [5, 5.41) is 3.21. The summed E-state index contributed by atoms with van der Waals surface area (Å²) < 4.78 is 26.6. The smallest absolute Gasteiger partial charge is 0.147 e. The van der Waals surface area contributed by atoms with Gasteiger partial charge in [-0.3, -0.25) is 0 Å². The minimum Gasteiger partial charge on any atom is -0.206 e. The highest BCUT2D eigenvalue weighted by atomic mass is 79.9. The van der Waals surface area contributed by atoms with E-state index in [9.17, 15) is 8.78 Å². The first-order valence-corrected chi connectivity index (χ1v) is 4.77. The molecule has 0 heterocycles. The fourth-order valence-corrected chi connectivity index (χ4v) is 1.30. The molecule has 0 bridgehead atoms. The maximum atomic E-state index is 13.3. The molecule has 0 aliphatic carbocycles. The Kier molecular flexibility index (Phi) is 4.27. The van der Waals surface area contributed by atoms with Crippen LogP contribution in [0.15, 0.2) is 27.8 Å². The van der Waals surface area contributed by atoms with Crippen molar-refractivity contribution in [1.29, 1.82) is 0 Å². The fourth-order valence-electron chi connectivity index (χ4n) is 0.950. The van der Waals surface area contributed by atoms with Gasteiger partial charge in [-0.2, -0.15) is 0 Å². The molecule has 1 aromatic carbocycles. The Morgan fingerprint density at radius 2 is 2.20 bits per heavy atom. The van der Waals surface area contributed by atoms with Gasteiger partial charge in [0.1, 0.15) is 11.6 Å². The Balaban J connectivity index is 2.98. The van der Waals surface area contributed by atoms with Crippen molar-refractivity contribution in [3.05, 3.63) is 50.3 Å². The van der Waals surface area contributed by atoms with Crippen LogP contribution in [0.5, 0.6) is 0 Å². The average molecular weight is 274 g/mol. The highest BCUT2D eigenvalue weighted by molar-refractivity contribution is 9.10. The second-order valence-electron chi connectivity index (χ2n) is 2.57. The van der Waals surface area contributed by atoms with E-state index in [1.54, 1.807) is 0 Å². The lowest BCUT2D eigenvalue weighted by Crippen LogP contribution is -1.89. The van der Waals surface area contributed by atoms with Gasteiger partial charge in [0.25, 0.3) is 0 Å². The summed E-state index contributed by atoms with van der Waals surface area (Å²) in [6.07, 6.45) is 2.62. The van der Waals surface area contributed by atoms with Gasteiger partial charge in [-0.1, -0.05) is 17.3 Å². The Morgan fingerprint density at radius 1 is 1.47 bits per heavy atom. The first-order valence-electron chi connectivity index (χ1n) is 3.97. The lowest BCUT2D eigenvalue weighted by atomic mass is 10.2. The quantitative estimate of drug-likeness (QED) is 0.345. The summed E-state index contributed by atoms with van der Waals surface area (Å²) in [5.74, 6) is -1.33. The van der Waals surface area contributed by atoms with Gasteiger partial charge in [-0.15, -0.1) is 0 Å². The zero-order valence-corrected chi connectivity index (χ0v) is 9.08. The van der Waals surface area contributed by atoms with E-state index in [2.05, 4.69) is 26.0 Å². The van der Waals surface area contributed by atoms with Gasteiger partial charge in [0.2, 0.25) is 0 Å². The van der Waals surface area contributed by atoms with Crippen LogP contribution in [-0.4, -0.2) is 6.54 Å². The third kappa shape index (κ3) is 3.04. The summed E-state index contributed by atoms with van der Waals surface area (Å²) in [6.45, 7) is 0.0574. The van der Waals surface area contributed by atoms with Crippen LogP contribution in [0.4, 0.5) is 8.78 Å². The number of nitrogens with zero attached hydrogens (tertiary/aromatic N) is 3. The van der Waals surface area contributed by atoms with Crippen LogP contribution in [0.25, 0.3) is 16.5 Å².